The Kier molecular flexibility index (Phi) is 4.73. The third kappa shape index (κ3) is 3.42. The SMILES string of the molecule is Cc1c(-c2ccccc2)oc2ccc(C(=O)/C=C/c3ccccc3)cc2c1=O. The van der Waals surface area contributed by atoms with Gasteiger partial charge in [0.05, 0.1) is 5.39 Å². The molecule has 0 unspecified atom stereocenters. The maximum absolute atomic E-state index is 12.9. The van der Waals surface area contributed by atoms with E-state index in [1.165, 1.54) is 6.08 Å². The fraction of sp³-hybridized carbons (Fsp3) is 0.0400. The highest BCUT2D eigenvalue weighted by molar-refractivity contribution is 6.08. The Morgan fingerprint density at radius 2 is 1.57 bits per heavy atom. The van der Waals surface area contributed by atoms with Crippen molar-refractivity contribution in [3.05, 3.63) is 112 Å². The van der Waals surface area contributed by atoms with Gasteiger partial charge in [-0.15, -0.1) is 0 Å². The second kappa shape index (κ2) is 7.49. The first kappa shape index (κ1) is 17.7. The summed E-state index contributed by atoms with van der Waals surface area (Å²) in [6.45, 7) is 1.75. The molecule has 0 fully saturated rings. The first-order valence-electron chi connectivity index (χ1n) is 9.04. The highest BCUT2D eigenvalue weighted by atomic mass is 16.3. The molecule has 0 spiro atoms. The molecule has 0 N–H and O–H groups in total. The Bertz CT molecular complexity index is 1230. The van der Waals surface area contributed by atoms with Crippen molar-refractivity contribution in [3.63, 3.8) is 0 Å². The van der Waals surface area contributed by atoms with Gasteiger partial charge in [0.2, 0.25) is 0 Å². The van der Waals surface area contributed by atoms with Gasteiger partial charge in [0.1, 0.15) is 11.3 Å². The molecular weight excluding hydrogens is 348 g/mol. The van der Waals surface area contributed by atoms with Gasteiger partial charge >= 0.3 is 0 Å². The van der Waals surface area contributed by atoms with E-state index >= 15 is 0 Å². The van der Waals surface area contributed by atoms with Gasteiger partial charge in [-0.25, -0.2) is 0 Å². The Labute approximate surface area is 162 Å². The molecule has 0 atom stereocenters. The minimum Gasteiger partial charge on any atom is -0.456 e. The molecule has 3 aromatic carbocycles. The van der Waals surface area contributed by atoms with Gasteiger partial charge in [-0.05, 0) is 36.8 Å². The van der Waals surface area contributed by atoms with E-state index in [2.05, 4.69) is 0 Å². The van der Waals surface area contributed by atoms with E-state index in [1.807, 2.05) is 60.7 Å². The number of hydrogen-bond acceptors (Lipinski definition) is 3. The number of benzene rings is 3. The van der Waals surface area contributed by atoms with Crippen LogP contribution >= 0.6 is 0 Å². The number of fused-ring (bicyclic) bond motifs is 1. The van der Waals surface area contributed by atoms with Crippen molar-refractivity contribution in [2.24, 2.45) is 0 Å². The highest BCUT2D eigenvalue weighted by Crippen LogP contribution is 2.26. The van der Waals surface area contributed by atoms with Crippen LogP contribution in [0.1, 0.15) is 21.5 Å². The zero-order chi connectivity index (χ0) is 19.5. The van der Waals surface area contributed by atoms with E-state index in [0.717, 1.165) is 11.1 Å². The summed E-state index contributed by atoms with van der Waals surface area (Å²) in [5, 5.41) is 0.413. The lowest BCUT2D eigenvalue weighted by atomic mass is 10.0. The van der Waals surface area contributed by atoms with Gasteiger partial charge in [0, 0.05) is 16.7 Å². The summed E-state index contributed by atoms with van der Waals surface area (Å²) in [7, 11) is 0. The molecule has 3 nitrogen and oxygen atoms in total. The Hall–Kier alpha value is -3.72. The van der Waals surface area contributed by atoms with Crippen molar-refractivity contribution in [2.45, 2.75) is 6.92 Å². The van der Waals surface area contributed by atoms with Crippen LogP contribution in [0.4, 0.5) is 0 Å². The normalized spacial score (nSPS) is 11.2. The molecule has 4 rings (SSSR count). The molecule has 1 aromatic heterocycles. The number of hydrogen-bond donors (Lipinski definition) is 0. The van der Waals surface area contributed by atoms with Crippen molar-refractivity contribution < 1.29 is 9.21 Å². The molecule has 0 saturated heterocycles. The van der Waals surface area contributed by atoms with E-state index in [0.29, 0.717) is 27.9 Å². The molecule has 0 radical (unpaired) electrons. The second-order valence-electron chi connectivity index (χ2n) is 6.57. The monoisotopic (exact) mass is 366 g/mol. The molecule has 136 valence electrons. The number of ketones is 1. The number of carbonyl (C=O) groups excluding carboxylic acids is 1. The summed E-state index contributed by atoms with van der Waals surface area (Å²) >= 11 is 0. The maximum atomic E-state index is 12.9. The Balaban J connectivity index is 1.74. The van der Waals surface area contributed by atoms with Crippen molar-refractivity contribution in [2.75, 3.05) is 0 Å². The first-order valence-corrected chi connectivity index (χ1v) is 9.04. The standard InChI is InChI=1S/C25H18O3/c1-17-24(27)21-16-20(22(26)14-12-18-8-4-2-5-9-18)13-15-23(21)28-25(17)19-10-6-3-7-11-19/h2-16H,1H3/b14-12+. The molecule has 0 aliphatic heterocycles. The van der Waals surface area contributed by atoms with Gasteiger partial charge in [-0.1, -0.05) is 66.7 Å². The lowest BCUT2D eigenvalue weighted by Gasteiger charge is -2.07. The Morgan fingerprint density at radius 1 is 0.893 bits per heavy atom. The third-order valence-electron chi connectivity index (χ3n) is 4.66. The van der Waals surface area contributed by atoms with E-state index in [1.54, 1.807) is 31.2 Å². The van der Waals surface area contributed by atoms with Gasteiger partial charge in [0.25, 0.3) is 0 Å². The predicted molar refractivity (Wildman–Crippen MR) is 112 cm³/mol. The van der Waals surface area contributed by atoms with Crippen molar-refractivity contribution in [3.8, 4) is 11.3 Å². The van der Waals surface area contributed by atoms with E-state index in [-0.39, 0.29) is 11.2 Å². The molecule has 3 heteroatoms. The van der Waals surface area contributed by atoms with Gasteiger partial charge < -0.3 is 4.42 Å². The van der Waals surface area contributed by atoms with Gasteiger partial charge in [0.15, 0.2) is 11.2 Å². The molecule has 0 aliphatic carbocycles. The van der Waals surface area contributed by atoms with Crippen LogP contribution in [0, 0.1) is 6.92 Å². The molecule has 0 saturated carbocycles. The molecular formula is C25H18O3. The molecule has 0 aliphatic rings. The lowest BCUT2D eigenvalue weighted by Crippen LogP contribution is -2.08. The fourth-order valence-corrected chi connectivity index (χ4v) is 3.14. The minimum atomic E-state index is -0.157. The summed E-state index contributed by atoms with van der Waals surface area (Å²) in [6, 6.07) is 24.1. The molecule has 4 aromatic rings. The van der Waals surface area contributed by atoms with Crippen LogP contribution in [0.25, 0.3) is 28.4 Å². The van der Waals surface area contributed by atoms with Crippen LogP contribution in [0.15, 0.2) is 94.2 Å². The van der Waals surface area contributed by atoms with Crippen LogP contribution in [-0.4, -0.2) is 5.78 Å². The van der Waals surface area contributed by atoms with Crippen molar-refractivity contribution in [1.82, 2.24) is 0 Å². The minimum absolute atomic E-state index is 0.123. The van der Waals surface area contributed by atoms with Crippen LogP contribution in [-0.2, 0) is 0 Å². The largest absolute Gasteiger partial charge is 0.456 e. The topological polar surface area (TPSA) is 47.3 Å². The molecule has 1 heterocycles. The number of rotatable bonds is 4. The summed E-state index contributed by atoms with van der Waals surface area (Å²) in [5.74, 6) is 0.399. The van der Waals surface area contributed by atoms with E-state index < -0.39 is 0 Å². The number of allylic oxidation sites excluding steroid dienone is 1. The zero-order valence-corrected chi connectivity index (χ0v) is 15.4. The smallest absolute Gasteiger partial charge is 0.196 e. The third-order valence-corrected chi connectivity index (χ3v) is 4.66. The lowest BCUT2D eigenvalue weighted by molar-refractivity contribution is 0.104. The van der Waals surface area contributed by atoms with Crippen LogP contribution in [0.5, 0.6) is 0 Å². The summed E-state index contributed by atoms with van der Waals surface area (Å²) in [6.07, 6.45) is 3.28. The van der Waals surface area contributed by atoms with Crippen LogP contribution in [0.3, 0.4) is 0 Å². The van der Waals surface area contributed by atoms with Gasteiger partial charge in [-0.3, -0.25) is 9.59 Å². The van der Waals surface area contributed by atoms with Crippen LogP contribution < -0.4 is 5.43 Å². The van der Waals surface area contributed by atoms with Crippen molar-refractivity contribution in [1.29, 1.82) is 0 Å². The fourth-order valence-electron chi connectivity index (χ4n) is 3.14. The summed E-state index contributed by atoms with van der Waals surface area (Å²) in [5.41, 5.74) is 3.13. The molecule has 0 amide bonds. The average Bonchev–Trinajstić information content (AvgIpc) is 2.75. The number of carbonyl (C=O) groups is 1. The van der Waals surface area contributed by atoms with Crippen molar-refractivity contribution >= 4 is 22.8 Å². The molecule has 0 bridgehead atoms. The summed E-state index contributed by atoms with van der Waals surface area (Å²) < 4.78 is 5.99. The quantitative estimate of drug-likeness (QED) is 0.346. The predicted octanol–water partition coefficient (Wildman–Crippen LogP) is 5.66. The zero-order valence-electron chi connectivity index (χ0n) is 15.4. The Morgan fingerprint density at radius 3 is 2.29 bits per heavy atom. The first-order chi connectivity index (χ1) is 13.6. The summed E-state index contributed by atoms with van der Waals surface area (Å²) in [4.78, 5) is 25.4. The van der Waals surface area contributed by atoms with Crippen LogP contribution in [0.2, 0.25) is 0 Å². The second-order valence-corrected chi connectivity index (χ2v) is 6.57. The molecule has 28 heavy (non-hydrogen) atoms. The van der Waals surface area contributed by atoms with E-state index in [4.69, 9.17) is 4.42 Å². The van der Waals surface area contributed by atoms with Gasteiger partial charge in [-0.2, -0.15) is 0 Å². The van der Waals surface area contributed by atoms with E-state index in [9.17, 15) is 9.59 Å². The highest BCUT2D eigenvalue weighted by Gasteiger charge is 2.14. The maximum Gasteiger partial charge on any atom is 0.196 e. The average molecular weight is 366 g/mol.